The highest BCUT2D eigenvalue weighted by Gasteiger charge is 2.19. The monoisotopic (exact) mass is 885 g/mol. The Morgan fingerprint density at radius 1 is 0.333 bits per heavy atom. The summed E-state index contributed by atoms with van der Waals surface area (Å²) in [5, 5.41) is 0. The van der Waals surface area contributed by atoms with E-state index >= 15 is 0 Å². The minimum absolute atomic E-state index is 0.0741. The van der Waals surface area contributed by atoms with Gasteiger partial charge in [0.2, 0.25) is 0 Å². The first-order valence-electron chi connectivity index (χ1n) is 27.5. The highest BCUT2D eigenvalue weighted by Crippen LogP contribution is 2.17. The zero-order valence-electron chi connectivity index (χ0n) is 42.1. The van der Waals surface area contributed by atoms with Crippen molar-refractivity contribution in [1.82, 2.24) is 0 Å². The molecule has 0 fully saturated rings. The second-order valence-corrected chi connectivity index (χ2v) is 18.5. The maximum atomic E-state index is 12.8. The van der Waals surface area contributed by atoms with Crippen molar-refractivity contribution in [2.24, 2.45) is 0 Å². The summed E-state index contributed by atoms with van der Waals surface area (Å²) >= 11 is 0. The highest BCUT2D eigenvalue weighted by atomic mass is 16.6. The Hall–Kier alpha value is -2.37. The van der Waals surface area contributed by atoms with Crippen LogP contribution >= 0.6 is 0 Å². The average Bonchev–Trinajstić information content (AvgIpc) is 3.28. The molecule has 6 nitrogen and oxygen atoms in total. The number of allylic oxidation sites excluding steroid dienone is 6. The third-order valence-corrected chi connectivity index (χ3v) is 12.2. The molecule has 0 aliphatic heterocycles. The molecule has 0 radical (unpaired) electrons. The predicted molar refractivity (Wildman–Crippen MR) is 270 cm³/mol. The molecule has 0 rings (SSSR count). The molecular formula is C57H104O6. The van der Waals surface area contributed by atoms with E-state index < -0.39 is 6.10 Å². The Bertz CT molecular complexity index is 1060. The summed E-state index contributed by atoms with van der Waals surface area (Å²) in [6.45, 7) is 6.53. The van der Waals surface area contributed by atoms with Crippen molar-refractivity contribution in [3.05, 3.63) is 36.5 Å². The number of esters is 3. The average molecular weight is 885 g/mol. The van der Waals surface area contributed by atoms with Gasteiger partial charge in [0.1, 0.15) is 13.2 Å². The molecule has 0 amide bonds. The number of hydrogen-bond donors (Lipinski definition) is 0. The minimum atomic E-state index is -0.775. The van der Waals surface area contributed by atoms with Gasteiger partial charge in [-0.25, -0.2) is 0 Å². The Morgan fingerprint density at radius 2 is 0.619 bits per heavy atom. The quantitative estimate of drug-likeness (QED) is 0.0262. The Kier molecular flexibility index (Phi) is 50.3. The third kappa shape index (κ3) is 50.5. The molecule has 0 aromatic rings. The lowest BCUT2D eigenvalue weighted by Crippen LogP contribution is -2.30. The molecule has 0 aliphatic rings. The Balaban J connectivity index is 4.32. The van der Waals surface area contributed by atoms with E-state index in [1.807, 2.05) is 0 Å². The molecule has 0 spiro atoms. The van der Waals surface area contributed by atoms with Crippen molar-refractivity contribution in [3.63, 3.8) is 0 Å². The van der Waals surface area contributed by atoms with Crippen LogP contribution in [-0.4, -0.2) is 37.2 Å². The first kappa shape index (κ1) is 60.6. The number of ether oxygens (including phenoxy) is 3. The van der Waals surface area contributed by atoms with Gasteiger partial charge >= 0.3 is 17.9 Å². The molecule has 0 aromatic carbocycles. The zero-order chi connectivity index (χ0) is 45.8. The van der Waals surface area contributed by atoms with Gasteiger partial charge in [-0.05, 0) is 38.5 Å². The van der Waals surface area contributed by atoms with Crippen molar-refractivity contribution >= 4 is 17.9 Å². The molecule has 1 atom stereocenters. The summed E-state index contributed by atoms with van der Waals surface area (Å²) < 4.78 is 16.8. The van der Waals surface area contributed by atoms with Gasteiger partial charge in [-0.15, -0.1) is 0 Å². The van der Waals surface area contributed by atoms with Crippen LogP contribution in [0.1, 0.15) is 290 Å². The van der Waals surface area contributed by atoms with Gasteiger partial charge < -0.3 is 14.2 Å². The van der Waals surface area contributed by atoms with Gasteiger partial charge in [-0.3, -0.25) is 14.4 Å². The van der Waals surface area contributed by atoms with Crippen LogP contribution in [0.4, 0.5) is 0 Å². The lowest BCUT2D eigenvalue weighted by atomic mass is 10.0. The van der Waals surface area contributed by atoms with Crippen LogP contribution in [0.5, 0.6) is 0 Å². The smallest absolute Gasteiger partial charge is 0.306 e. The van der Waals surface area contributed by atoms with Gasteiger partial charge in [0.25, 0.3) is 0 Å². The maximum Gasteiger partial charge on any atom is 0.306 e. The molecule has 1 unspecified atom stereocenters. The van der Waals surface area contributed by atoms with Crippen molar-refractivity contribution in [2.45, 2.75) is 297 Å². The molecule has 6 heteroatoms. The summed E-state index contributed by atoms with van der Waals surface area (Å²) in [5.74, 6) is -0.879. The van der Waals surface area contributed by atoms with Crippen LogP contribution in [0.15, 0.2) is 36.5 Å². The molecule has 63 heavy (non-hydrogen) atoms. The minimum Gasteiger partial charge on any atom is -0.462 e. The maximum absolute atomic E-state index is 12.8. The first-order valence-corrected chi connectivity index (χ1v) is 27.5. The molecule has 0 saturated carbocycles. The van der Waals surface area contributed by atoms with Crippen LogP contribution in [-0.2, 0) is 28.6 Å². The van der Waals surface area contributed by atoms with Crippen LogP contribution in [0, 0.1) is 0 Å². The van der Waals surface area contributed by atoms with E-state index in [1.54, 1.807) is 0 Å². The van der Waals surface area contributed by atoms with Gasteiger partial charge in [0.15, 0.2) is 6.10 Å². The van der Waals surface area contributed by atoms with Gasteiger partial charge in [0.05, 0.1) is 0 Å². The number of rotatable bonds is 50. The molecule has 0 aromatic heterocycles. The van der Waals surface area contributed by atoms with E-state index in [1.165, 1.54) is 167 Å². The molecule has 0 aliphatic carbocycles. The second kappa shape index (κ2) is 52.3. The van der Waals surface area contributed by atoms with E-state index in [2.05, 4.69) is 57.2 Å². The van der Waals surface area contributed by atoms with Crippen LogP contribution in [0.25, 0.3) is 0 Å². The van der Waals surface area contributed by atoms with Gasteiger partial charge in [-0.2, -0.15) is 0 Å². The number of hydrogen-bond acceptors (Lipinski definition) is 6. The largest absolute Gasteiger partial charge is 0.462 e. The fourth-order valence-electron chi connectivity index (χ4n) is 8.09. The van der Waals surface area contributed by atoms with Crippen molar-refractivity contribution in [2.75, 3.05) is 13.2 Å². The summed E-state index contributed by atoms with van der Waals surface area (Å²) in [6, 6.07) is 0. The SMILES string of the molecule is CC\C=C/C=C\C=C/CCCCCCCC(=O)OCC(COC(=O)CCCCCCCCCCCCCCCCCCCC)OC(=O)CCCCCCCCCCCCCCCC. The topological polar surface area (TPSA) is 78.9 Å². The van der Waals surface area contributed by atoms with Gasteiger partial charge in [0, 0.05) is 19.3 Å². The fraction of sp³-hybridized carbons (Fsp3) is 0.842. The van der Waals surface area contributed by atoms with E-state index in [-0.39, 0.29) is 31.1 Å². The van der Waals surface area contributed by atoms with Gasteiger partial charge in [-0.1, -0.05) is 269 Å². The van der Waals surface area contributed by atoms with Crippen molar-refractivity contribution in [3.8, 4) is 0 Å². The van der Waals surface area contributed by atoms with Crippen LogP contribution in [0.2, 0.25) is 0 Å². The predicted octanol–water partition coefficient (Wildman–Crippen LogP) is 18.1. The summed E-state index contributed by atoms with van der Waals surface area (Å²) in [5.41, 5.74) is 0. The lowest BCUT2D eigenvalue weighted by molar-refractivity contribution is -0.167. The molecule has 0 heterocycles. The van der Waals surface area contributed by atoms with Crippen molar-refractivity contribution < 1.29 is 28.6 Å². The summed E-state index contributed by atoms with van der Waals surface area (Å²) in [7, 11) is 0. The zero-order valence-corrected chi connectivity index (χ0v) is 42.1. The Morgan fingerprint density at radius 3 is 0.952 bits per heavy atom. The molecule has 0 N–H and O–H groups in total. The molecule has 368 valence electrons. The summed E-state index contributed by atoms with van der Waals surface area (Å²) in [4.78, 5) is 38.0. The second-order valence-electron chi connectivity index (χ2n) is 18.5. The number of unbranched alkanes of at least 4 members (excludes halogenated alkanes) is 35. The van der Waals surface area contributed by atoms with E-state index in [0.717, 1.165) is 83.5 Å². The van der Waals surface area contributed by atoms with E-state index in [4.69, 9.17) is 14.2 Å². The normalized spacial score (nSPS) is 12.2. The van der Waals surface area contributed by atoms with E-state index in [9.17, 15) is 14.4 Å². The summed E-state index contributed by atoms with van der Waals surface area (Å²) in [6.07, 6.45) is 61.3. The van der Waals surface area contributed by atoms with Crippen molar-refractivity contribution in [1.29, 1.82) is 0 Å². The fourth-order valence-corrected chi connectivity index (χ4v) is 8.09. The lowest BCUT2D eigenvalue weighted by Gasteiger charge is -2.18. The standard InChI is InChI=1S/C57H104O6/c1-4-7-10-13-16-19-22-25-27-28-29-30-33-35-38-41-44-47-50-56(59)62-53-54(52-61-55(58)49-46-43-40-37-34-31-24-21-18-15-12-9-6-3)63-57(60)51-48-45-42-39-36-32-26-23-20-17-14-11-8-5-2/h9,12,15,18,21,24,54H,4-8,10-11,13-14,16-17,19-20,22-23,25-53H2,1-3H3/b12-9-,18-15-,24-21-. The highest BCUT2D eigenvalue weighted by molar-refractivity contribution is 5.71. The number of carbonyl (C=O) groups excluding carboxylic acids is 3. The third-order valence-electron chi connectivity index (χ3n) is 12.2. The van der Waals surface area contributed by atoms with Crippen LogP contribution < -0.4 is 0 Å². The first-order chi connectivity index (χ1) is 31.0. The van der Waals surface area contributed by atoms with Crippen LogP contribution in [0.3, 0.4) is 0 Å². The van der Waals surface area contributed by atoms with E-state index in [0.29, 0.717) is 19.3 Å². The number of carbonyl (C=O) groups is 3. The molecular weight excluding hydrogens is 781 g/mol. The molecule has 0 saturated heterocycles. The molecule has 0 bridgehead atoms. The Labute approximate surface area is 391 Å².